The van der Waals surface area contributed by atoms with Crippen LogP contribution in [0.15, 0.2) is 54.6 Å². The van der Waals surface area contributed by atoms with E-state index in [0.29, 0.717) is 62.8 Å². The molecule has 4 aliphatic heterocycles. The lowest BCUT2D eigenvalue weighted by Crippen LogP contribution is -2.49. The number of anilines is 1. The maximum absolute atomic E-state index is 16.6. The Bertz CT molecular complexity index is 3030. The lowest BCUT2D eigenvalue weighted by Gasteiger charge is -2.40. The van der Waals surface area contributed by atoms with Crippen LogP contribution >= 0.6 is 23.2 Å². The second kappa shape index (κ2) is 21.6. The van der Waals surface area contributed by atoms with Crippen molar-refractivity contribution in [2.24, 2.45) is 24.6 Å². The van der Waals surface area contributed by atoms with Gasteiger partial charge in [-0.25, -0.2) is 18.0 Å². The van der Waals surface area contributed by atoms with Crippen molar-refractivity contribution < 1.29 is 46.9 Å². The van der Waals surface area contributed by atoms with E-state index in [1.165, 1.54) is 27.8 Å². The number of carbonyl (C=O) groups excluding carboxylic acids is 4. The molecule has 3 saturated heterocycles. The Balaban J connectivity index is 0.739. The molecule has 5 N–H and O–H groups in total. The highest BCUT2D eigenvalue weighted by molar-refractivity contribution is 6.44. The highest BCUT2D eigenvalue weighted by atomic mass is 35.5. The van der Waals surface area contributed by atoms with E-state index in [2.05, 4.69) is 20.6 Å². The highest BCUT2D eigenvalue weighted by Crippen LogP contribution is 2.57. The largest absolute Gasteiger partial charge is 0.488 e. The average molecular weight is 1070 g/mol. The number of aromatic nitrogens is 2. The molecule has 5 amide bonds. The second-order valence-corrected chi connectivity index (χ2v) is 21.5. The summed E-state index contributed by atoms with van der Waals surface area (Å²) in [6.07, 6.45) is 6.02. The minimum Gasteiger partial charge on any atom is -0.488 e. The van der Waals surface area contributed by atoms with E-state index in [4.69, 9.17) is 38.4 Å². The number of hydrogen-bond acceptors (Lipinski definition) is 10. The van der Waals surface area contributed by atoms with Crippen LogP contribution in [0.3, 0.4) is 0 Å². The highest BCUT2D eigenvalue weighted by Gasteiger charge is 2.50. The van der Waals surface area contributed by atoms with Gasteiger partial charge in [-0.1, -0.05) is 60.5 Å². The summed E-state index contributed by atoms with van der Waals surface area (Å²) >= 11 is 13.7. The van der Waals surface area contributed by atoms with Crippen molar-refractivity contribution in [2.45, 2.75) is 88.2 Å². The SMILES string of the molecule is CC1c2c(cc(Cl)c(Cl)c2-c2c(C(N)=O)ccc(OCCO)c2F)OC1(CNC1CCC(C(=O)N2CCC(CN3CCC(c4c(F)cc5c(N6CCC(=O)NC6=O)nn(C)c5c4F)CC3)CC2)CC1)c1ccccc1. The van der Waals surface area contributed by atoms with Crippen LogP contribution in [0.2, 0.25) is 10.0 Å². The van der Waals surface area contributed by atoms with Gasteiger partial charge in [0.2, 0.25) is 17.7 Å². The van der Waals surface area contributed by atoms with Crippen molar-refractivity contribution in [1.29, 1.82) is 0 Å². The quantitative estimate of drug-likeness (QED) is 0.0841. The molecule has 398 valence electrons. The van der Waals surface area contributed by atoms with Gasteiger partial charge in [-0.2, -0.15) is 5.10 Å². The predicted octanol–water partition coefficient (Wildman–Crippen LogP) is 8.54. The van der Waals surface area contributed by atoms with Crippen molar-refractivity contribution >= 4 is 63.7 Å². The Morgan fingerprint density at radius 3 is 2.32 bits per heavy atom. The number of urea groups is 1. The number of rotatable bonds is 14. The van der Waals surface area contributed by atoms with Gasteiger partial charge in [0.1, 0.15) is 23.7 Å². The molecule has 1 aliphatic carbocycles. The molecule has 1 aromatic heterocycles. The number of aliphatic hydroxyl groups excluding tert-OH is 1. The summed E-state index contributed by atoms with van der Waals surface area (Å²) in [6, 6.07) is 14.7. The molecule has 1 saturated carbocycles. The average Bonchev–Trinajstić information content (AvgIpc) is 3.88. The molecule has 10 rings (SSSR count). The van der Waals surface area contributed by atoms with Crippen LogP contribution in [0.5, 0.6) is 11.5 Å². The van der Waals surface area contributed by atoms with Crippen LogP contribution in [0.4, 0.5) is 23.8 Å². The monoisotopic (exact) mass is 1070 g/mol. The standard InChI is InChI=1S/C55H61Cl2F3N8O7/c1-30-43-41(27-38(56)47(57)46(43)45-36(51(61)71)12-13-40(48(45)59)74-25-24-69)75-55(30,34-6-4-3-5-7-34)29-62-35-10-8-33(9-11-35)53(72)67-21-14-31(15-22-67)28-66-19-16-32(17-20-66)44-39(58)26-37-50(49(44)60)65(2)64-52(37)68-23-18-42(70)63-54(68)73/h3-7,12-13,26-27,30-33,35,62,69H,8-11,14-25,28-29H2,1-2H3,(H2,61,71)(H,63,70,73). The number of primary amides is 1. The Morgan fingerprint density at radius 1 is 0.920 bits per heavy atom. The fourth-order valence-corrected chi connectivity index (χ4v) is 12.8. The topological polar surface area (TPSA) is 185 Å². The van der Waals surface area contributed by atoms with Gasteiger partial charge in [0, 0.05) is 92.4 Å². The number of ether oxygens (including phenoxy) is 2. The summed E-state index contributed by atoms with van der Waals surface area (Å²) < 4.78 is 62.4. The first kappa shape index (κ1) is 52.5. The number of nitrogens with zero attached hydrogens (tertiary/aromatic N) is 5. The molecule has 0 spiro atoms. The third kappa shape index (κ3) is 9.92. The number of benzene rings is 4. The number of imide groups is 1. The van der Waals surface area contributed by atoms with Gasteiger partial charge in [0.15, 0.2) is 28.8 Å². The van der Waals surface area contributed by atoms with E-state index < -0.39 is 46.8 Å². The van der Waals surface area contributed by atoms with E-state index in [1.54, 1.807) is 13.1 Å². The molecule has 0 radical (unpaired) electrons. The molecule has 4 aromatic carbocycles. The third-order valence-corrected chi connectivity index (χ3v) is 17.2. The number of aryl methyl sites for hydroxylation is 1. The van der Waals surface area contributed by atoms with Crippen LogP contribution in [0.25, 0.3) is 22.0 Å². The number of nitrogens with one attached hydrogen (secondary N) is 2. The van der Waals surface area contributed by atoms with Crippen LogP contribution in [0, 0.1) is 29.3 Å². The summed E-state index contributed by atoms with van der Waals surface area (Å²) in [7, 11) is 1.56. The Labute approximate surface area is 442 Å². The number of likely N-dealkylation sites (tertiary alicyclic amines) is 2. The smallest absolute Gasteiger partial charge is 0.329 e. The van der Waals surface area contributed by atoms with Crippen molar-refractivity contribution in [3.63, 3.8) is 0 Å². The molecular formula is C55H61Cl2F3N8O7. The van der Waals surface area contributed by atoms with E-state index >= 15 is 13.2 Å². The van der Waals surface area contributed by atoms with Gasteiger partial charge in [-0.05, 0) is 100 Å². The zero-order valence-corrected chi connectivity index (χ0v) is 43.4. The van der Waals surface area contributed by atoms with Crippen LogP contribution in [0.1, 0.15) is 104 Å². The van der Waals surface area contributed by atoms with Crippen LogP contribution in [-0.2, 0) is 22.2 Å². The minimum atomic E-state index is -1.02. The van der Waals surface area contributed by atoms with Crippen LogP contribution in [-0.4, -0.2) is 114 Å². The fourth-order valence-electron chi connectivity index (χ4n) is 12.4. The molecule has 15 nitrogen and oxygen atoms in total. The lowest BCUT2D eigenvalue weighted by atomic mass is 9.77. The molecule has 2 unspecified atom stereocenters. The molecular weight excluding hydrogens is 1010 g/mol. The van der Waals surface area contributed by atoms with E-state index in [-0.39, 0.29) is 105 Å². The number of hydrogen-bond donors (Lipinski definition) is 4. The van der Waals surface area contributed by atoms with Gasteiger partial charge in [-0.15, -0.1) is 0 Å². The normalized spacial score (nSPS) is 22.9. The summed E-state index contributed by atoms with van der Waals surface area (Å²) in [5, 5.41) is 20.1. The zero-order chi connectivity index (χ0) is 52.9. The van der Waals surface area contributed by atoms with Gasteiger partial charge in [-0.3, -0.25) is 29.3 Å². The first-order chi connectivity index (χ1) is 36.1. The van der Waals surface area contributed by atoms with Gasteiger partial charge >= 0.3 is 6.03 Å². The minimum absolute atomic E-state index is 0.0199. The second-order valence-electron chi connectivity index (χ2n) is 20.7. The molecule has 5 aromatic rings. The van der Waals surface area contributed by atoms with Crippen molar-refractivity contribution in [3.05, 3.63) is 104 Å². The maximum Gasteiger partial charge on any atom is 0.329 e. The summed E-state index contributed by atoms with van der Waals surface area (Å²) in [5.74, 6) is -3.47. The predicted molar refractivity (Wildman–Crippen MR) is 278 cm³/mol. The number of nitrogens with two attached hydrogens (primary N) is 1. The zero-order valence-electron chi connectivity index (χ0n) is 41.9. The van der Waals surface area contributed by atoms with E-state index in [1.807, 2.05) is 42.2 Å². The van der Waals surface area contributed by atoms with Gasteiger partial charge in [0.25, 0.3) is 0 Å². The first-order valence-corrected chi connectivity index (χ1v) is 26.7. The summed E-state index contributed by atoms with van der Waals surface area (Å²) in [5.41, 5.74) is 6.25. The van der Waals surface area contributed by atoms with Crippen LogP contribution < -0.4 is 30.7 Å². The molecule has 2 atom stereocenters. The molecule has 20 heteroatoms. The Kier molecular flexibility index (Phi) is 15.1. The van der Waals surface area contributed by atoms with Gasteiger partial charge < -0.3 is 35.4 Å². The number of fused-ring (bicyclic) bond motifs is 2. The van der Waals surface area contributed by atoms with Crippen molar-refractivity contribution in [2.75, 3.05) is 63.9 Å². The number of halogens is 5. The maximum atomic E-state index is 16.6. The molecule has 5 aliphatic rings. The lowest BCUT2D eigenvalue weighted by molar-refractivity contribution is -0.138. The molecule has 0 bridgehead atoms. The van der Waals surface area contributed by atoms with Gasteiger partial charge in [0.05, 0.1) is 27.6 Å². The first-order valence-electron chi connectivity index (χ1n) is 25.9. The number of aliphatic hydroxyl groups is 1. The molecule has 5 heterocycles. The Hall–Kier alpha value is -5.92. The van der Waals surface area contributed by atoms with E-state index in [0.717, 1.165) is 50.6 Å². The fraction of sp³-hybridized carbons (Fsp3) is 0.473. The molecule has 75 heavy (non-hydrogen) atoms. The molecule has 4 fully saturated rings. The van der Waals surface area contributed by atoms with E-state index in [9.17, 15) is 24.3 Å². The summed E-state index contributed by atoms with van der Waals surface area (Å²) in [4.78, 5) is 56.8. The number of amides is 5. The number of carbonyl (C=O) groups is 4. The summed E-state index contributed by atoms with van der Waals surface area (Å²) in [6.45, 7) is 5.48. The van der Waals surface area contributed by atoms with Crippen molar-refractivity contribution in [1.82, 2.24) is 30.2 Å². The third-order valence-electron chi connectivity index (χ3n) is 16.4. The van der Waals surface area contributed by atoms with Crippen molar-refractivity contribution in [3.8, 4) is 22.6 Å². The Morgan fingerprint density at radius 2 is 1.64 bits per heavy atom. The number of piperidine rings is 2.